The molecule has 0 N–H and O–H groups in total. The van der Waals surface area contributed by atoms with Gasteiger partial charge in [0.25, 0.3) is 0 Å². The van der Waals surface area contributed by atoms with Crippen LogP contribution < -0.4 is 4.74 Å². The van der Waals surface area contributed by atoms with Crippen molar-refractivity contribution in [2.45, 2.75) is 12.3 Å². The third-order valence-electron chi connectivity index (χ3n) is 2.22. The number of hydrogen-bond acceptors (Lipinski definition) is 2. The second-order valence-corrected chi connectivity index (χ2v) is 3.98. The Morgan fingerprint density at radius 3 is 3.15 bits per heavy atom. The molecule has 1 heterocycles. The third-order valence-corrected chi connectivity index (χ3v) is 2.72. The predicted molar refractivity (Wildman–Crippen MR) is 53.1 cm³/mol. The van der Waals surface area contributed by atoms with Gasteiger partial charge >= 0.3 is 0 Å². The number of benzene rings is 1. The van der Waals surface area contributed by atoms with Crippen LogP contribution in [0.15, 0.2) is 22.7 Å². The first-order valence-electron chi connectivity index (χ1n) is 4.19. The van der Waals surface area contributed by atoms with Crippen molar-refractivity contribution in [3.63, 3.8) is 0 Å². The van der Waals surface area contributed by atoms with Crippen LogP contribution in [0.25, 0.3) is 0 Å². The molecule has 1 aromatic rings. The van der Waals surface area contributed by atoms with E-state index in [0.29, 0.717) is 6.61 Å². The Hall–Kier alpha value is -0.830. The highest BCUT2D eigenvalue weighted by atomic mass is 79.9. The topological polar surface area (TPSA) is 26.3 Å². The monoisotopic (exact) mass is 240 g/mol. The average molecular weight is 241 g/mol. The molecule has 68 valence electrons. The Labute approximate surface area is 85.0 Å². The van der Waals surface area contributed by atoms with Gasteiger partial charge in [-0.1, -0.05) is 15.9 Å². The first kappa shape index (κ1) is 8.75. The van der Waals surface area contributed by atoms with Gasteiger partial charge in [0, 0.05) is 16.0 Å². The first-order chi connectivity index (χ1) is 6.31. The fourth-order valence-corrected chi connectivity index (χ4v) is 1.91. The Morgan fingerprint density at radius 1 is 1.54 bits per heavy atom. The van der Waals surface area contributed by atoms with E-state index in [-0.39, 0.29) is 5.92 Å². The summed E-state index contributed by atoms with van der Waals surface area (Å²) in [5.41, 5.74) is 0.996. The molecule has 3 heteroatoms. The van der Waals surface area contributed by atoms with Crippen molar-refractivity contribution in [3.05, 3.63) is 28.2 Å². The molecule has 13 heavy (non-hydrogen) atoms. The molecule has 1 aromatic carbocycles. The second kappa shape index (κ2) is 3.50. The first-order valence-corrected chi connectivity index (χ1v) is 4.98. The van der Waals surface area contributed by atoms with Gasteiger partial charge in [-0.25, -0.2) is 0 Å². The predicted octanol–water partition coefficient (Wildman–Crippen LogP) is 2.51. The van der Waals surface area contributed by atoms with Crippen molar-refractivity contribution >= 4 is 22.2 Å². The minimum Gasteiger partial charge on any atom is -0.493 e. The van der Waals surface area contributed by atoms with Gasteiger partial charge in [-0.05, 0) is 24.6 Å². The van der Waals surface area contributed by atoms with Crippen LogP contribution in [0.2, 0.25) is 0 Å². The van der Waals surface area contributed by atoms with Gasteiger partial charge < -0.3 is 9.53 Å². The summed E-state index contributed by atoms with van der Waals surface area (Å²) in [4.78, 5) is 10.8. The van der Waals surface area contributed by atoms with Crippen LogP contribution in [-0.2, 0) is 4.79 Å². The molecule has 1 unspecified atom stereocenters. The van der Waals surface area contributed by atoms with E-state index in [9.17, 15) is 4.79 Å². The highest BCUT2D eigenvalue weighted by Gasteiger charge is 2.20. The zero-order chi connectivity index (χ0) is 9.26. The van der Waals surface area contributed by atoms with Crippen molar-refractivity contribution in [1.29, 1.82) is 0 Å². The van der Waals surface area contributed by atoms with Crippen molar-refractivity contribution < 1.29 is 9.53 Å². The minimum atomic E-state index is 0.00116. The zero-order valence-corrected chi connectivity index (χ0v) is 8.58. The Bertz CT molecular complexity index is 336. The molecule has 0 saturated carbocycles. The molecule has 0 aromatic heterocycles. The number of halogens is 1. The van der Waals surface area contributed by atoms with Crippen LogP contribution >= 0.6 is 15.9 Å². The summed E-state index contributed by atoms with van der Waals surface area (Å²) in [6, 6.07) is 5.77. The van der Waals surface area contributed by atoms with E-state index in [0.717, 1.165) is 28.5 Å². The zero-order valence-electron chi connectivity index (χ0n) is 7.00. The maximum absolute atomic E-state index is 10.8. The van der Waals surface area contributed by atoms with Crippen molar-refractivity contribution in [2.24, 2.45) is 0 Å². The lowest BCUT2D eigenvalue weighted by Crippen LogP contribution is -2.14. The molecule has 1 atom stereocenters. The largest absolute Gasteiger partial charge is 0.493 e. The van der Waals surface area contributed by atoms with Crippen LogP contribution in [0, 0.1) is 0 Å². The molecular formula is C10H9BrO2. The van der Waals surface area contributed by atoms with Gasteiger partial charge in [0.15, 0.2) is 0 Å². The summed E-state index contributed by atoms with van der Waals surface area (Å²) in [6.45, 7) is 0.637. The molecule has 2 nitrogen and oxygen atoms in total. The van der Waals surface area contributed by atoms with Crippen LogP contribution in [0.1, 0.15) is 17.9 Å². The molecular weight excluding hydrogens is 232 g/mol. The van der Waals surface area contributed by atoms with Gasteiger partial charge in [0.1, 0.15) is 12.0 Å². The maximum atomic E-state index is 10.8. The minimum absolute atomic E-state index is 0.00116. The van der Waals surface area contributed by atoms with E-state index in [1.807, 2.05) is 18.2 Å². The fourth-order valence-electron chi connectivity index (χ4n) is 1.53. The van der Waals surface area contributed by atoms with Crippen molar-refractivity contribution in [3.8, 4) is 5.75 Å². The molecule has 0 spiro atoms. The molecule has 2 rings (SSSR count). The van der Waals surface area contributed by atoms with Gasteiger partial charge in [-0.15, -0.1) is 0 Å². The third kappa shape index (κ3) is 1.61. The van der Waals surface area contributed by atoms with Gasteiger partial charge in [0.05, 0.1) is 6.61 Å². The summed E-state index contributed by atoms with van der Waals surface area (Å²) < 4.78 is 6.42. The Morgan fingerprint density at radius 2 is 2.38 bits per heavy atom. The van der Waals surface area contributed by atoms with Crippen LogP contribution in [0.5, 0.6) is 5.75 Å². The number of ether oxygens (including phenoxy) is 1. The van der Waals surface area contributed by atoms with E-state index >= 15 is 0 Å². The number of hydrogen-bond donors (Lipinski definition) is 0. The van der Waals surface area contributed by atoms with E-state index in [1.54, 1.807) is 0 Å². The molecule has 0 aliphatic carbocycles. The summed E-state index contributed by atoms with van der Waals surface area (Å²) >= 11 is 3.38. The van der Waals surface area contributed by atoms with Crippen molar-refractivity contribution in [2.75, 3.05) is 6.61 Å². The molecule has 0 fully saturated rings. The summed E-state index contributed by atoms with van der Waals surface area (Å²) in [5, 5.41) is 0. The number of aldehydes is 1. The standard InChI is InChI=1S/C10H9BrO2/c11-8-1-2-10-9(5-8)7(6-12)3-4-13-10/h1-2,5-7H,3-4H2. The summed E-state index contributed by atoms with van der Waals surface area (Å²) in [5.74, 6) is 0.841. The second-order valence-electron chi connectivity index (χ2n) is 3.06. The molecule has 0 bridgehead atoms. The lowest BCUT2D eigenvalue weighted by molar-refractivity contribution is -0.109. The van der Waals surface area contributed by atoms with E-state index in [4.69, 9.17) is 4.74 Å². The SMILES string of the molecule is O=CC1CCOc2ccc(Br)cc21. The number of fused-ring (bicyclic) bond motifs is 1. The summed E-state index contributed by atoms with van der Waals surface area (Å²) in [7, 11) is 0. The lowest BCUT2D eigenvalue weighted by Gasteiger charge is -2.21. The van der Waals surface area contributed by atoms with Crippen LogP contribution in [-0.4, -0.2) is 12.9 Å². The lowest BCUT2D eigenvalue weighted by atomic mass is 9.95. The van der Waals surface area contributed by atoms with Crippen molar-refractivity contribution in [1.82, 2.24) is 0 Å². The quantitative estimate of drug-likeness (QED) is 0.706. The van der Waals surface area contributed by atoms with E-state index in [2.05, 4.69) is 15.9 Å². The van der Waals surface area contributed by atoms with Crippen LogP contribution in [0.4, 0.5) is 0 Å². The average Bonchev–Trinajstić information content (AvgIpc) is 2.17. The maximum Gasteiger partial charge on any atom is 0.127 e. The molecule has 0 radical (unpaired) electrons. The number of carbonyl (C=O) groups is 1. The Kier molecular flexibility index (Phi) is 2.36. The molecule has 0 amide bonds. The smallest absolute Gasteiger partial charge is 0.127 e. The van der Waals surface area contributed by atoms with Crippen LogP contribution in [0.3, 0.4) is 0 Å². The van der Waals surface area contributed by atoms with E-state index < -0.39 is 0 Å². The fraction of sp³-hybridized carbons (Fsp3) is 0.300. The molecule has 1 aliphatic rings. The Balaban J connectivity index is 2.47. The van der Waals surface area contributed by atoms with Gasteiger partial charge in [-0.3, -0.25) is 0 Å². The van der Waals surface area contributed by atoms with Gasteiger partial charge in [-0.2, -0.15) is 0 Å². The number of carbonyl (C=O) groups excluding carboxylic acids is 1. The highest BCUT2D eigenvalue weighted by Crippen LogP contribution is 2.34. The van der Waals surface area contributed by atoms with E-state index in [1.165, 1.54) is 0 Å². The highest BCUT2D eigenvalue weighted by molar-refractivity contribution is 9.10. The van der Waals surface area contributed by atoms with Gasteiger partial charge in [0.2, 0.25) is 0 Å². The normalized spacial score (nSPS) is 20.2. The number of rotatable bonds is 1. The summed E-state index contributed by atoms with van der Waals surface area (Å²) in [6.07, 6.45) is 1.78. The molecule has 1 aliphatic heterocycles. The molecule has 0 saturated heterocycles.